The summed E-state index contributed by atoms with van der Waals surface area (Å²) >= 11 is 0. The number of nitrogens with one attached hydrogen (secondary N) is 3. The molecule has 0 saturated carbocycles. The lowest BCUT2D eigenvalue weighted by Gasteiger charge is -2.13. The molecule has 0 aromatic heterocycles. The molecule has 0 aromatic carbocycles. The van der Waals surface area contributed by atoms with Crippen molar-refractivity contribution in [1.29, 1.82) is 0 Å². The summed E-state index contributed by atoms with van der Waals surface area (Å²) in [4.78, 5) is 46.3. The number of imide groups is 1. The molecule has 116 valence electrons. The Kier molecular flexibility index (Phi) is 7.10. The number of nitrogens with zero attached hydrogens (tertiary/aromatic N) is 1. The highest BCUT2D eigenvalue weighted by Gasteiger charge is 2.23. The van der Waals surface area contributed by atoms with Crippen LogP contribution >= 0.6 is 0 Å². The predicted octanol–water partition coefficient (Wildman–Crippen LogP) is -1.86. The lowest BCUT2D eigenvalue weighted by Crippen LogP contribution is -2.38. The smallest absolute Gasteiger partial charge is 0.253 e. The number of carbonyl (C=O) groups excluding carboxylic acids is 4. The Morgan fingerprint density at radius 2 is 1.48 bits per heavy atom. The molecule has 0 spiro atoms. The van der Waals surface area contributed by atoms with Gasteiger partial charge in [-0.25, -0.2) is 0 Å². The first kappa shape index (κ1) is 16.8. The molecule has 1 heterocycles. The lowest BCUT2D eigenvalue weighted by atomic mass is 10.3. The lowest BCUT2D eigenvalue weighted by molar-refractivity contribution is -0.137. The normalized spacial score (nSPS) is 13.7. The van der Waals surface area contributed by atoms with Crippen LogP contribution in [0, 0.1) is 0 Å². The predicted molar refractivity (Wildman–Crippen MR) is 75.0 cm³/mol. The van der Waals surface area contributed by atoms with E-state index in [-0.39, 0.29) is 24.8 Å². The fourth-order valence-corrected chi connectivity index (χ4v) is 1.68. The molecule has 3 N–H and O–H groups in total. The van der Waals surface area contributed by atoms with E-state index in [0.717, 1.165) is 4.90 Å². The number of rotatable bonds is 9. The Balaban J connectivity index is 2.08. The molecule has 0 aliphatic carbocycles. The van der Waals surface area contributed by atoms with Crippen molar-refractivity contribution in [1.82, 2.24) is 20.9 Å². The van der Waals surface area contributed by atoms with Gasteiger partial charge in [0, 0.05) is 51.2 Å². The molecule has 0 unspecified atom stereocenters. The molecular weight excluding hydrogens is 276 g/mol. The highest BCUT2D eigenvalue weighted by atomic mass is 16.2. The number of hydrogen-bond donors (Lipinski definition) is 3. The van der Waals surface area contributed by atoms with E-state index in [1.165, 1.54) is 12.2 Å². The Morgan fingerprint density at radius 3 is 2.00 bits per heavy atom. The Hall–Kier alpha value is -2.22. The second-order valence-corrected chi connectivity index (χ2v) is 4.46. The van der Waals surface area contributed by atoms with E-state index in [4.69, 9.17) is 0 Å². The van der Waals surface area contributed by atoms with Crippen molar-refractivity contribution in [3.8, 4) is 0 Å². The van der Waals surface area contributed by atoms with Crippen LogP contribution in [0.3, 0.4) is 0 Å². The number of carbonyl (C=O) groups is 4. The molecule has 0 radical (unpaired) electrons. The molecule has 8 nitrogen and oxygen atoms in total. The van der Waals surface area contributed by atoms with E-state index in [1.54, 1.807) is 7.05 Å². The van der Waals surface area contributed by atoms with E-state index in [1.807, 2.05) is 0 Å². The van der Waals surface area contributed by atoms with Crippen molar-refractivity contribution in [2.24, 2.45) is 0 Å². The van der Waals surface area contributed by atoms with E-state index in [0.29, 0.717) is 26.1 Å². The van der Waals surface area contributed by atoms with Gasteiger partial charge in [-0.05, 0) is 7.05 Å². The van der Waals surface area contributed by atoms with Gasteiger partial charge >= 0.3 is 0 Å². The Labute approximate surface area is 122 Å². The summed E-state index contributed by atoms with van der Waals surface area (Å²) in [7, 11) is 1.76. The Morgan fingerprint density at radius 1 is 0.952 bits per heavy atom. The fourth-order valence-electron chi connectivity index (χ4n) is 1.68. The Bertz CT molecular complexity index is 429. The van der Waals surface area contributed by atoms with Crippen LogP contribution in [0.2, 0.25) is 0 Å². The van der Waals surface area contributed by atoms with Gasteiger partial charge in [0.1, 0.15) is 0 Å². The van der Waals surface area contributed by atoms with Gasteiger partial charge in [0.15, 0.2) is 0 Å². The van der Waals surface area contributed by atoms with Crippen molar-refractivity contribution in [3.05, 3.63) is 12.2 Å². The molecule has 1 aliphatic heterocycles. The van der Waals surface area contributed by atoms with Crippen LogP contribution in [0.1, 0.15) is 12.8 Å². The summed E-state index contributed by atoms with van der Waals surface area (Å²) < 4.78 is 0. The van der Waals surface area contributed by atoms with Crippen molar-refractivity contribution in [3.63, 3.8) is 0 Å². The summed E-state index contributed by atoms with van der Waals surface area (Å²) in [5, 5.41) is 8.13. The van der Waals surface area contributed by atoms with Crippen LogP contribution in [0.15, 0.2) is 12.2 Å². The van der Waals surface area contributed by atoms with Crippen molar-refractivity contribution < 1.29 is 19.2 Å². The van der Waals surface area contributed by atoms with Gasteiger partial charge in [-0.3, -0.25) is 24.1 Å². The van der Waals surface area contributed by atoms with E-state index in [9.17, 15) is 19.2 Å². The van der Waals surface area contributed by atoms with Gasteiger partial charge in [0.2, 0.25) is 11.8 Å². The fraction of sp³-hybridized carbons (Fsp3) is 0.538. The van der Waals surface area contributed by atoms with Crippen LogP contribution in [0.5, 0.6) is 0 Å². The average Bonchev–Trinajstić information content (AvgIpc) is 2.78. The van der Waals surface area contributed by atoms with Crippen LogP contribution in [0.25, 0.3) is 0 Å². The third-order valence-electron chi connectivity index (χ3n) is 2.83. The minimum absolute atomic E-state index is 0.0485. The van der Waals surface area contributed by atoms with Crippen molar-refractivity contribution in [2.75, 3.05) is 33.2 Å². The third-order valence-corrected chi connectivity index (χ3v) is 2.83. The molecular formula is C13H20N4O4. The minimum atomic E-state index is -0.399. The van der Waals surface area contributed by atoms with Gasteiger partial charge in [-0.1, -0.05) is 0 Å². The average molecular weight is 296 g/mol. The van der Waals surface area contributed by atoms with Gasteiger partial charge in [-0.2, -0.15) is 0 Å². The summed E-state index contributed by atoms with van der Waals surface area (Å²) in [6.07, 6.45) is 2.80. The third kappa shape index (κ3) is 6.17. The van der Waals surface area contributed by atoms with Crippen LogP contribution in [-0.2, 0) is 19.2 Å². The van der Waals surface area contributed by atoms with E-state index in [2.05, 4.69) is 16.0 Å². The van der Waals surface area contributed by atoms with Gasteiger partial charge < -0.3 is 16.0 Å². The van der Waals surface area contributed by atoms with Crippen LogP contribution in [0.4, 0.5) is 0 Å². The van der Waals surface area contributed by atoms with Crippen LogP contribution in [-0.4, -0.2) is 61.8 Å². The molecule has 0 aromatic rings. The second kappa shape index (κ2) is 8.85. The highest BCUT2D eigenvalue weighted by Crippen LogP contribution is 2.03. The molecule has 0 fully saturated rings. The SMILES string of the molecule is CNCCC(=O)NCCNC(=O)CCN1C(=O)C=CC1=O. The molecule has 1 aliphatic rings. The number of hydrogen-bond acceptors (Lipinski definition) is 5. The van der Waals surface area contributed by atoms with E-state index < -0.39 is 11.8 Å². The molecule has 4 amide bonds. The summed E-state index contributed by atoms with van der Waals surface area (Å²) in [6.45, 7) is 1.32. The first-order chi connectivity index (χ1) is 10.0. The first-order valence-corrected chi connectivity index (χ1v) is 6.76. The standard InChI is InChI=1S/C13H20N4O4/c1-14-6-4-10(18)15-7-8-16-11(19)5-9-17-12(20)2-3-13(17)21/h2-3,14H,4-9H2,1H3,(H,15,18)(H,16,19). The number of amides is 4. The summed E-state index contributed by atoms with van der Waals surface area (Å²) in [5.41, 5.74) is 0. The van der Waals surface area contributed by atoms with Crippen LogP contribution < -0.4 is 16.0 Å². The zero-order valence-corrected chi connectivity index (χ0v) is 12.0. The zero-order chi connectivity index (χ0) is 15.7. The van der Waals surface area contributed by atoms with E-state index >= 15 is 0 Å². The highest BCUT2D eigenvalue weighted by molar-refractivity contribution is 6.13. The molecule has 0 bridgehead atoms. The van der Waals surface area contributed by atoms with Gasteiger partial charge in [0.25, 0.3) is 11.8 Å². The van der Waals surface area contributed by atoms with Gasteiger partial charge in [-0.15, -0.1) is 0 Å². The summed E-state index contributed by atoms with van der Waals surface area (Å²) in [6, 6.07) is 0. The topological polar surface area (TPSA) is 108 Å². The molecule has 0 saturated heterocycles. The summed E-state index contributed by atoms with van der Waals surface area (Å²) in [5.74, 6) is -1.15. The van der Waals surface area contributed by atoms with Gasteiger partial charge in [0.05, 0.1) is 0 Å². The minimum Gasteiger partial charge on any atom is -0.354 e. The maximum atomic E-state index is 11.5. The second-order valence-electron chi connectivity index (χ2n) is 4.46. The maximum absolute atomic E-state index is 11.5. The first-order valence-electron chi connectivity index (χ1n) is 6.76. The largest absolute Gasteiger partial charge is 0.354 e. The van der Waals surface area contributed by atoms with Crippen molar-refractivity contribution >= 4 is 23.6 Å². The molecule has 1 rings (SSSR count). The molecule has 21 heavy (non-hydrogen) atoms. The van der Waals surface area contributed by atoms with Crippen molar-refractivity contribution in [2.45, 2.75) is 12.8 Å². The molecule has 8 heteroatoms. The monoisotopic (exact) mass is 296 g/mol. The molecule has 0 atom stereocenters. The zero-order valence-electron chi connectivity index (χ0n) is 12.0. The quantitative estimate of drug-likeness (QED) is 0.342. The maximum Gasteiger partial charge on any atom is 0.253 e.